The zero-order chi connectivity index (χ0) is 19.6. The van der Waals surface area contributed by atoms with Crippen molar-refractivity contribution in [2.24, 2.45) is 0 Å². The number of aliphatic hydroxyl groups is 1. The summed E-state index contributed by atoms with van der Waals surface area (Å²) in [5.74, 6) is 0.568. The van der Waals surface area contributed by atoms with Crippen LogP contribution in [-0.2, 0) is 4.79 Å². The summed E-state index contributed by atoms with van der Waals surface area (Å²) in [5, 5.41) is 10.0. The number of hydrazine groups is 1. The summed E-state index contributed by atoms with van der Waals surface area (Å²) in [7, 11) is 2.98. The smallest absolute Gasteiger partial charge is 0.269 e. The highest BCUT2D eigenvalue weighted by atomic mass is 32.2. The van der Waals surface area contributed by atoms with Crippen molar-refractivity contribution < 1.29 is 24.2 Å². The maximum absolute atomic E-state index is 12.1. The van der Waals surface area contributed by atoms with Crippen molar-refractivity contribution >= 4 is 23.6 Å². The van der Waals surface area contributed by atoms with Gasteiger partial charge in [0.15, 0.2) is 11.5 Å². The van der Waals surface area contributed by atoms with Crippen molar-refractivity contribution in [1.29, 1.82) is 0 Å². The lowest BCUT2D eigenvalue weighted by Gasteiger charge is -2.12. The second-order valence-corrected chi connectivity index (χ2v) is 6.54. The van der Waals surface area contributed by atoms with Gasteiger partial charge in [-0.25, -0.2) is 0 Å². The Morgan fingerprint density at radius 3 is 2.41 bits per heavy atom. The van der Waals surface area contributed by atoms with Crippen LogP contribution in [0.5, 0.6) is 11.5 Å². The number of benzene rings is 2. The number of rotatable bonds is 8. The standard InChI is InChI=1S/C19H22N2O5S/c1-25-16-9-8-14(10-17(16)26-2)19(24)21-20-18(23)12-27-11-15(22)13-6-4-3-5-7-13/h3-10,15,22H,11-12H2,1-2H3,(H,20,23)(H,21,24). The summed E-state index contributed by atoms with van der Waals surface area (Å²) in [6.45, 7) is 0. The van der Waals surface area contributed by atoms with E-state index in [0.29, 0.717) is 22.8 Å². The molecule has 1 unspecified atom stereocenters. The Morgan fingerprint density at radius 2 is 1.74 bits per heavy atom. The lowest BCUT2D eigenvalue weighted by Crippen LogP contribution is -2.42. The van der Waals surface area contributed by atoms with Crippen molar-refractivity contribution in [2.45, 2.75) is 6.10 Å². The number of hydrogen-bond donors (Lipinski definition) is 3. The second-order valence-electron chi connectivity index (χ2n) is 5.51. The number of hydrogen-bond acceptors (Lipinski definition) is 6. The SMILES string of the molecule is COc1ccc(C(=O)NNC(=O)CSCC(O)c2ccccc2)cc1OC. The second kappa shape index (κ2) is 10.4. The summed E-state index contributed by atoms with van der Waals surface area (Å²) < 4.78 is 10.3. The van der Waals surface area contributed by atoms with Gasteiger partial charge < -0.3 is 14.6 Å². The number of carbonyl (C=O) groups excluding carboxylic acids is 2. The number of aliphatic hydroxyl groups excluding tert-OH is 1. The molecule has 7 nitrogen and oxygen atoms in total. The van der Waals surface area contributed by atoms with Crippen molar-refractivity contribution in [3.63, 3.8) is 0 Å². The maximum atomic E-state index is 12.1. The van der Waals surface area contributed by atoms with E-state index in [1.165, 1.54) is 32.0 Å². The molecule has 0 aromatic heterocycles. The van der Waals surface area contributed by atoms with Crippen LogP contribution in [0.4, 0.5) is 0 Å². The zero-order valence-corrected chi connectivity index (χ0v) is 15.9. The van der Waals surface area contributed by atoms with E-state index in [4.69, 9.17) is 9.47 Å². The Bertz CT molecular complexity index is 770. The molecular weight excluding hydrogens is 368 g/mol. The average molecular weight is 390 g/mol. The topological polar surface area (TPSA) is 96.9 Å². The van der Waals surface area contributed by atoms with Crippen LogP contribution in [0, 0.1) is 0 Å². The quantitative estimate of drug-likeness (QED) is 0.596. The third-order valence-electron chi connectivity index (χ3n) is 3.65. The molecule has 27 heavy (non-hydrogen) atoms. The first-order chi connectivity index (χ1) is 13.0. The Morgan fingerprint density at radius 1 is 1.04 bits per heavy atom. The van der Waals surface area contributed by atoms with Crippen LogP contribution in [0.15, 0.2) is 48.5 Å². The lowest BCUT2D eigenvalue weighted by molar-refractivity contribution is -0.119. The molecule has 1 atom stereocenters. The largest absolute Gasteiger partial charge is 0.493 e. The van der Waals surface area contributed by atoms with E-state index in [-0.39, 0.29) is 11.7 Å². The number of carbonyl (C=O) groups is 2. The third-order valence-corrected chi connectivity index (χ3v) is 4.67. The van der Waals surface area contributed by atoms with E-state index in [2.05, 4.69) is 10.9 Å². The maximum Gasteiger partial charge on any atom is 0.269 e. The number of amides is 2. The van der Waals surface area contributed by atoms with E-state index in [0.717, 1.165) is 5.56 Å². The average Bonchev–Trinajstić information content (AvgIpc) is 2.71. The van der Waals surface area contributed by atoms with E-state index in [1.54, 1.807) is 12.1 Å². The highest BCUT2D eigenvalue weighted by Crippen LogP contribution is 2.27. The fraction of sp³-hybridized carbons (Fsp3) is 0.263. The molecule has 2 aromatic carbocycles. The molecule has 0 aliphatic rings. The predicted molar refractivity (Wildman–Crippen MR) is 104 cm³/mol. The highest BCUT2D eigenvalue weighted by Gasteiger charge is 2.12. The number of nitrogens with one attached hydrogen (secondary N) is 2. The van der Waals surface area contributed by atoms with Crippen molar-refractivity contribution in [1.82, 2.24) is 10.9 Å². The summed E-state index contributed by atoms with van der Waals surface area (Å²) in [4.78, 5) is 24.0. The molecule has 8 heteroatoms. The van der Waals surface area contributed by atoms with Gasteiger partial charge in [0.1, 0.15) is 0 Å². The minimum Gasteiger partial charge on any atom is -0.493 e. The number of ether oxygens (including phenoxy) is 2. The molecule has 0 saturated heterocycles. The fourth-order valence-corrected chi connectivity index (χ4v) is 3.04. The summed E-state index contributed by atoms with van der Waals surface area (Å²) in [5.41, 5.74) is 5.81. The minimum absolute atomic E-state index is 0.107. The van der Waals surface area contributed by atoms with E-state index in [9.17, 15) is 14.7 Å². The van der Waals surface area contributed by atoms with Gasteiger partial charge in [0.25, 0.3) is 5.91 Å². The van der Waals surface area contributed by atoms with Crippen molar-refractivity contribution in [3.8, 4) is 11.5 Å². The molecule has 0 aliphatic carbocycles. The summed E-state index contributed by atoms with van der Waals surface area (Å²) in [6.07, 6.45) is -0.648. The van der Waals surface area contributed by atoms with Gasteiger partial charge in [0.2, 0.25) is 5.91 Å². The van der Waals surface area contributed by atoms with Gasteiger partial charge in [-0.15, -0.1) is 11.8 Å². The van der Waals surface area contributed by atoms with Crippen LogP contribution in [0.3, 0.4) is 0 Å². The molecule has 0 aliphatic heterocycles. The van der Waals surface area contributed by atoms with Gasteiger partial charge in [-0.05, 0) is 23.8 Å². The molecule has 0 bridgehead atoms. The Kier molecular flexibility index (Phi) is 7.97. The normalized spacial score (nSPS) is 11.4. The molecule has 3 N–H and O–H groups in total. The van der Waals surface area contributed by atoms with Crippen LogP contribution >= 0.6 is 11.8 Å². The first-order valence-corrected chi connectivity index (χ1v) is 9.32. The van der Waals surface area contributed by atoms with Gasteiger partial charge in [0.05, 0.1) is 26.1 Å². The van der Waals surface area contributed by atoms with E-state index in [1.807, 2.05) is 30.3 Å². The molecule has 0 fully saturated rings. The molecule has 0 spiro atoms. The molecule has 144 valence electrons. The first kappa shape index (κ1) is 20.6. The third kappa shape index (κ3) is 6.19. The van der Waals surface area contributed by atoms with Gasteiger partial charge in [-0.1, -0.05) is 30.3 Å². The highest BCUT2D eigenvalue weighted by molar-refractivity contribution is 7.99. The zero-order valence-electron chi connectivity index (χ0n) is 15.1. The van der Waals surface area contributed by atoms with Crippen LogP contribution in [0.2, 0.25) is 0 Å². The molecule has 2 amide bonds. The van der Waals surface area contributed by atoms with Crippen molar-refractivity contribution in [2.75, 3.05) is 25.7 Å². The van der Waals surface area contributed by atoms with Gasteiger partial charge >= 0.3 is 0 Å². The molecular formula is C19H22N2O5S. The summed E-state index contributed by atoms with van der Waals surface area (Å²) in [6, 6.07) is 13.9. The van der Waals surface area contributed by atoms with E-state index < -0.39 is 12.0 Å². The Balaban J connectivity index is 1.76. The number of thioether (sulfide) groups is 1. The van der Waals surface area contributed by atoms with E-state index >= 15 is 0 Å². The molecule has 0 radical (unpaired) electrons. The van der Waals surface area contributed by atoms with Gasteiger partial charge in [-0.2, -0.15) is 0 Å². The summed E-state index contributed by atoms with van der Waals surface area (Å²) >= 11 is 1.27. The lowest BCUT2D eigenvalue weighted by atomic mass is 10.1. The Labute approximate surface area is 162 Å². The number of methoxy groups -OCH3 is 2. The predicted octanol–water partition coefficient (Wildman–Crippen LogP) is 1.93. The monoisotopic (exact) mass is 390 g/mol. The first-order valence-electron chi connectivity index (χ1n) is 8.17. The van der Waals surface area contributed by atoms with Gasteiger partial charge in [0, 0.05) is 11.3 Å². The van der Waals surface area contributed by atoms with Crippen LogP contribution in [0.1, 0.15) is 22.0 Å². The molecule has 2 rings (SSSR count). The molecule has 0 heterocycles. The Hall–Kier alpha value is -2.71. The van der Waals surface area contributed by atoms with Crippen molar-refractivity contribution in [3.05, 3.63) is 59.7 Å². The fourth-order valence-electron chi connectivity index (χ4n) is 2.25. The minimum atomic E-state index is -0.648. The van der Waals surface area contributed by atoms with Crippen LogP contribution in [0.25, 0.3) is 0 Å². The van der Waals surface area contributed by atoms with Gasteiger partial charge in [-0.3, -0.25) is 20.4 Å². The molecule has 2 aromatic rings. The van der Waals surface area contributed by atoms with Crippen LogP contribution in [-0.4, -0.2) is 42.6 Å². The van der Waals surface area contributed by atoms with Crippen LogP contribution < -0.4 is 20.3 Å². The molecule has 0 saturated carbocycles.